The summed E-state index contributed by atoms with van der Waals surface area (Å²) in [7, 11) is 0. The van der Waals surface area contributed by atoms with Crippen molar-refractivity contribution in [1.82, 2.24) is 10.2 Å². The van der Waals surface area contributed by atoms with E-state index in [9.17, 15) is 18.7 Å². The van der Waals surface area contributed by atoms with Crippen LogP contribution < -0.4 is 5.32 Å². The van der Waals surface area contributed by atoms with E-state index in [0.717, 1.165) is 12.1 Å². The van der Waals surface area contributed by atoms with Gasteiger partial charge in [0.25, 0.3) is 5.91 Å². The van der Waals surface area contributed by atoms with Crippen molar-refractivity contribution in [2.45, 2.75) is 18.4 Å². The second-order valence-corrected chi connectivity index (χ2v) is 6.59. The van der Waals surface area contributed by atoms with Crippen LogP contribution in [0.2, 0.25) is 0 Å². The average molecular weight is 339 g/mol. The van der Waals surface area contributed by atoms with Gasteiger partial charge >= 0.3 is 0 Å². The molecule has 1 amide bonds. The Bertz CT molecular complexity index is 709. The Labute approximate surface area is 135 Å². The van der Waals surface area contributed by atoms with Gasteiger partial charge in [0.1, 0.15) is 17.2 Å². The number of H-pyrrole nitrogens is 1. The van der Waals surface area contributed by atoms with Crippen LogP contribution in [0.3, 0.4) is 0 Å². The minimum atomic E-state index is -1.42. The molecule has 5 nitrogen and oxygen atoms in total. The number of aromatic nitrogens is 2. The fraction of sp³-hybridized carbons (Fsp3) is 0.333. The molecule has 1 fully saturated rings. The molecule has 122 valence electrons. The van der Waals surface area contributed by atoms with Crippen LogP contribution in [-0.2, 0) is 4.79 Å². The van der Waals surface area contributed by atoms with Gasteiger partial charge in [-0.1, -0.05) is 6.07 Å². The number of halogens is 2. The second kappa shape index (κ2) is 6.29. The number of aliphatic hydroxyl groups is 1. The van der Waals surface area contributed by atoms with Crippen LogP contribution in [0.15, 0.2) is 24.3 Å². The average Bonchev–Trinajstić information content (AvgIpc) is 2.96. The topological polar surface area (TPSA) is 78.0 Å². The zero-order valence-electron chi connectivity index (χ0n) is 12.1. The first kappa shape index (κ1) is 15.9. The molecule has 0 saturated carbocycles. The molecule has 1 aliphatic rings. The van der Waals surface area contributed by atoms with E-state index in [-0.39, 0.29) is 17.1 Å². The van der Waals surface area contributed by atoms with Crippen LogP contribution in [-0.4, -0.2) is 38.3 Å². The summed E-state index contributed by atoms with van der Waals surface area (Å²) < 4.78 is 27.5. The third kappa shape index (κ3) is 3.23. The highest BCUT2D eigenvalue weighted by molar-refractivity contribution is 7.99. The molecule has 0 atom stereocenters. The fourth-order valence-corrected chi connectivity index (χ4v) is 3.61. The third-order valence-electron chi connectivity index (χ3n) is 3.79. The van der Waals surface area contributed by atoms with Crippen molar-refractivity contribution in [2.75, 3.05) is 16.8 Å². The minimum absolute atomic E-state index is 0.110. The summed E-state index contributed by atoms with van der Waals surface area (Å²) in [5.74, 6) is -0.486. The highest BCUT2D eigenvalue weighted by Gasteiger charge is 2.37. The molecule has 3 N–H and O–H groups in total. The van der Waals surface area contributed by atoms with E-state index < -0.39 is 23.1 Å². The molecule has 2 heterocycles. The van der Waals surface area contributed by atoms with Gasteiger partial charge in [-0.2, -0.15) is 16.9 Å². The maximum Gasteiger partial charge on any atom is 0.257 e. The number of benzene rings is 1. The Morgan fingerprint density at radius 3 is 2.61 bits per heavy atom. The number of aromatic amines is 1. The molecule has 3 rings (SSSR count). The van der Waals surface area contributed by atoms with Crippen LogP contribution in [0, 0.1) is 11.6 Å². The van der Waals surface area contributed by atoms with Crippen molar-refractivity contribution in [1.29, 1.82) is 0 Å². The second-order valence-electron chi connectivity index (χ2n) is 5.36. The summed E-state index contributed by atoms with van der Waals surface area (Å²) in [4.78, 5) is 12.2. The quantitative estimate of drug-likeness (QED) is 0.803. The van der Waals surface area contributed by atoms with Crippen molar-refractivity contribution in [3.63, 3.8) is 0 Å². The lowest BCUT2D eigenvalue weighted by Gasteiger charge is -2.29. The normalized spacial score (nSPS) is 17.0. The van der Waals surface area contributed by atoms with Gasteiger partial charge in [0, 0.05) is 6.07 Å². The van der Waals surface area contributed by atoms with Crippen molar-refractivity contribution >= 4 is 23.5 Å². The number of carbonyl (C=O) groups excluding carboxylic acids is 1. The number of amides is 1. The number of thioether (sulfide) groups is 1. The fourth-order valence-electron chi connectivity index (χ4n) is 2.44. The number of nitrogens with one attached hydrogen (secondary N) is 2. The van der Waals surface area contributed by atoms with Crippen molar-refractivity contribution in [3.8, 4) is 11.3 Å². The van der Waals surface area contributed by atoms with Crippen LogP contribution in [0.4, 0.5) is 14.6 Å². The maximum absolute atomic E-state index is 13.7. The number of hydrogen-bond acceptors (Lipinski definition) is 4. The van der Waals surface area contributed by atoms with Crippen LogP contribution in [0.5, 0.6) is 0 Å². The number of nitrogens with zero attached hydrogens (tertiary/aromatic N) is 1. The summed E-state index contributed by atoms with van der Waals surface area (Å²) in [6.07, 6.45) is 0.728. The molecule has 23 heavy (non-hydrogen) atoms. The summed E-state index contributed by atoms with van der Waals surface area (Å²) in [6.45, 7) is 0. The highest BCUT2D eigenvalue weighted by Crippen LogP contribution is 2.29. The monoisotopic (exact) mass is 339 g/mol. The molecular formula is C15H15F2N3O2S. The van der Waals surface area contributed by atoms with Gasteiger partial charge in [0.15, 0.2) is 5.82 Å². The van der Waals surface area contributed by atoms with Gasteiger partial charge < -0.3 is 10.4 Å². The Hall–Kier alpha value is -1.93. The minimum Gasteiger partial charge on any atom is -0.380 e. The zero-order chi connectivity index (χ0) is 16.4. The SMILES string of the molecule is O=C(Nc1cc(-c2c(F)cccc2F)[nH]n1)C1(O)CCSCC1. The molecular weight excluding hydrogens is 324 g/mol. The Kier molecular flexibility index (Phi) is 4.36. The standard InChI is InChI=1S/C15H15F2N3O2S/c16-9-2-1-3-10(17)13(9)11-8-12(20-19-11)18-14(21)15(22)4-6-23-7-5-15/h1-3,8,22H,4-7H2,(H2,18,19,20,21). The van der Waals surface area contributed by atoms with E-state index in [1.165, 1.54) is 12.1 Å². The molecule has 1 aliphatic heterocycles. The van der Waals surface area contributed by atoms with E-state index in [1.54, 1.807) is 11.8 Å². The molecule has 0 bridgehead atoms. The molecule has 1 aromatic heterocycles. The number of rotatable bonds is 3. The molecule has 0 spiro atoms. The molecule has 8 heteroatoms. The lowest BCUT2D eigenvalue weighted by molar-refractivity contribution is -0.134. The van der Waals surface area contributed by atoms with Crippen LogP contribution in [0.25, 0.3) is 11.3 Å². The van der Waals surface area contributed by atoms with Crippen molar-refractivity contribution in [2.24, 2.45) is 0 Å². The van der Waals surface area contributed by atoms with Gasteiger partial charge in [-0.05, 0) is 36.5 Å². The predicted octanol–water partition coefficient (Wildman–Crippen LogP) is 2.55. The molecule has 1 saturated heterocycles. The van der Waals surface area contributed by atoms with Gasteiger partial charge in [-0.25, -0.2) is 8.78 Å². The third-order valence-corrected chi connectivity index (χ3v) is 4.78. The van der Waals surface area contributed by atoms with Gasteiger partial charge in [0.05, 0.1) is 11.3 Å². The molecule has 0 radical (unpaired) electrons. The van der Waals surface area contributed by atoms with E-state index in [4.69, 9.17) is 0 Å². The van der Waals surface area contributed by atoms with Crippen LogP contribution >= 0.6 is 11.8 Å². The van der Waals surface area contributed by atoms with E-state index in [0.29, 0.717) is 24.3 Å². The molecule has 0 unspecified atom stereocenters. The van der Waals surface area contributed by atoms with Crippen molar-refractivity contribution in [3.05, 3.63) is 35.9 Å². The number of hydrogen-bond donors (Lipinski definition) is 3. The van der Waals surface area contributed by atoms with Crippen LogP contribution in [0.1, 0.15) is 12.8 Å². The Morgan fingerprint density at radius 1 is 1.30 bits per heavy atom. The highest BCUT2D eigenvalue weighted by atomic mass is 32.2. The van der Waals surface area contributed by atoms with Gasteiger partial charge in [0.2, 0.25) is 0 Å². The smallest absolute Gasteiger partial charge is 0.257 e. The first-order valence-electron chi connectivity index (χ1n) is 7.11. The lowest BCUT2D eigenvalue weighted by Crippen LogP contribution is -2.45. The molecule has 0 aliphatic carbocycles. The van der Waals surface area contributed by atoms with Gasteiger partial charge in [-0.15, -0.1) is 0 Å². The summed E-state index contributed by atoms with van der Waals surface area (Å²) in [5.41, 5.74) is -1.55. The molecule has 2 aromatic rings. The zero-order valence-corrected chi connectivity index (χ0v) is 12.9. The largest absolute Gasteiger partial charge is 0.380 e. The first-order valence-corrected chi connectivity index (χ1v) is 8.26. The number of carbonyl (C=O) groups is 1. The van der Waals surface area contributed by atoms with Crippen molar-refractivity contribution < 1.29 is 18.7 Å². The molecule has 1 aromatic carbocycles. The Balaban J connectivity index is 1.79. The van der Waals surface area contributed by atoms with E-state index >= 15 is 0 Å². The predicted molar refractivity (Wildman–Crippen MR) is 84.1 cm³/mol. The lowest BCUT2D eigenvalue weighted by atomic mass is 9.96. The number of anilines is 1. The summed E-state index contributed by atoms with van der Waals surface area (Å²) >= 11 is 1.68. The summed E-state index contributed by atoms with van der Waals surface area (Å²) in [6, 6.07) is 4.88. The van der Waals surface area contributed by atoms with E-state index in [2.05, 4.69) is 15.5 Å². The maximum atomic E-state index is 13.7. The Morgan fingerprint density at radius 2 is 1.96 bits per heavy atom. The van der Waals surface area contributed by atoms with E-state index in [1.807, 2.05) is 0 Å². The van der Waals surface area contributed by atoms with Gasteiger partial charge in [-0.3, -0.25) is 9.89 Å². The summed E-state index contributed by atoms with van der Waals surface area (Å²) in [5, 5.41) is 19.2. The first-order chi connectivity index (χ1) is 11.0.